The van der Waals surface area contributed by atoms with Crippen LogP contribution < -0.4 is 11.3 Å². The lowest BCUT2D eigenvalue weighted by Gasteiger charge is -2.12. The minimum absolute atomic E-state index is 0.00854. The first-order valence-electron chi connectivity index (χ1n) is 7.08. The van der Waals surface area contributed by atoms with Gasteiger partial charge >= 0.3 is 0 Å². The molecule has 0 bridgehead atoms. The maximum Gasteiger partial charge on any atom is 0.272 e. The molecule has 120 valence electrons. The van der Waals surface area contributed by atoms with E-state index in [1.807, 2.05) is 0 Å². The Morgan fingerprint density at radius 3 is 2.88 bits per heavy atom. The second-order valence-corrected chi connectivity index (χ2v) is 5.87. The monoisotopic (exact) mass is 343 g/mol. The number of nitrogens with zero attached hydrogens (tertiary/aromatic N) is 2. The van der Waals surface area contributed by atoms with Crippen LogP contribution in [0.25, 0.3) is 33.1 Å². The molecule has 4 aromatic rings. The number of rotatable bonds is 1. The number of anilines is 1. The number of benzene rings is 1. The van der Waals surface area contributed by atoms with Crippen LogP contribution in [-0.2, 0) is 0 Å². The van der Waals surface area contributed by atoms with E-state index in [4.69, 9.17) is 17.3 Å². The van der Waals surface area contributed by atoms with E-state index in [-0.39, 0.29) is 11.2 Å². The summed E-state index contributed by atoms with van der Waals surface area (Å²) in [6, 6.07) is 4.49. The number of halogens is 2. The molecule has 0 fully saturated rings. The van der Waals surface area contributed by atoms with Gasteiger partial charge in [0.05, 0.1) is 22.3 Å². The molecule has 0 aliphatic rings. The summed E-state index contributed by atoms with van der Waals surface area (Å²) in [4.78, 5) is 19.4. The largest absolute Gasteiger partial charge is 0.394 e. The van der Waals surface area contributed by atoms with Crippen LogP contribution in [0.5, 0.6) is 0 Å². The number of hydrogen-bond acceptors (Lipinski definition) is 4. The minimum Gasteiger partial charge on any atom is -0.394 e. The molecule has 4 rings (SSSR count). The van der Waals surface area contributed by atoms with E-state index in [0.29, 0.717) is 38.3 Å². The van der Waals surface area contributed by atoms with E-state index in [2.05, 4.69) is 20.2 Å². The van der Waals surface area contributed by atoms with Crippen molar-refractivity contribution in [3.05, 3.63) is 51.3 Å². The van der Waals surface area contributed by atoms with Crippen molar-refractivity contribution in [3.8, 4) is 11.1 Å². The first-order chi connectivity index (χ1) is 11.5. The van der Waals surface area contributed by atoms with Gasteiger partial charge in [-0.3, -0.25) is 14.9 Å². The van der Waals surface area contributed by atoms with Crippen LogP contribution in [0.1, 0.15) is 5.69 Å². The number of aromatic nitrogens is 4. The highest BCUT2D eigenvalue weighted by atomic mass is 35.5. The molecule has 0 saturated carbocycles. The Hall–Kier alpha value is -2.93. The summed E-state index contributed by atoms with van der Waals surface area (Å²) in [5.74, 6) is -0.443. The fraction of sp³-hybridized carbons (Fsp3) is 0.0625. The Bertz CT molecular complexity index is 1180. The molecule has 6 nitrogen and oxygen atoms in total. The van der Waals surface area contributed by atoms with E-state index in [9.17, 15) is 9.18 Å². The van der Waals surface area contributed by atoms with Crippen LogP contribution in [0.3, 0.4) is 0 Å². The normalized spacial score (nSPS) is 11.5. The zero-order chi connectivity index (χ0) is 17.0. The average molecular weight is 344 g/mol. The fourth-order valence-electron chi connectivity index (χ4n) is 2.85. The van der Waals surface area contributed by atoms with Crippen LogP contribution in [0.15, 0.2) is 29.2 Å². The van der Waals surface area contributed by atoms with Crippen molar-refractivity contribution < 1.29 is 4.39 Å². The summed E-state index contributed by atoms with van der Waals surface area (Å²) in [6.07, 6.45) is 1.48. The standard InChI is InChI=1S/C16H11ClFN5O/c1-6-4-9(17)14-15(21-6)11(12(19)16(24)22-14)7-2-3-10(18)13-8(7)5-20-23-13/h2-5H,19H2,1H3,(H,20,23)(H,22,24). The summed E-state index contributed by atoms with van der Waals surface area (Å²) < 4.78 is 13.9. The molecule has 0 amide bonds. The second-order valence-electron chi connectivity index (χ2n) is 5.47. The molecular weight excluding hydrogens is 333 g/mol. The van der Waals surface area contributed by atoms with Gasteiger partial charge in [-0.25, -0.2) is 4.39 Å². The third-order valence-electron chi connectivity index (χ3n) is 3.92. The van der Waals surface area contributed by atoms with Gasteiger partial charge in [-0.15, -0.1) is 0 Å². The summed E-state index contributed by atoms with van der Waals surface area (Å²) in [5, 5.41) is 7.35. The van der Waals surface area contributed by atoms with Crippen LogP contribution >= 0.6 is 11.6 Å². The van der Waals surface area contributed by atoms with Crippen LogP contribution in [0, 0.1) is 12.7 Å². The van der Waals surface area contributed by atoms with Crippen molar-refractivity contribution in [2.24, 2.45) is 0 Å². The second kappa shape index (κ2) is 5.04. The van der Waals surface area contributed by atoms with Gasteiger partial charge in [0.15, 0.2) is 0 Å². The summed E-state index contributed by atoms with van der Waals surface area (Å²) in [5.41, 5.74) is 8.25. The highest BCUT2D eigenvalue weighted by Crippen LogP contribution is 2.36. The Labute approximate surface area is 139 Å². The number of aromatic amines is 2. The Balaban J connectivity index is 2.24. The van der Waals surface area contributed by atoms with Gasteiger partial charge in [-0.05, 0) is 24.6 Å². The van der Waals surface area contributed by atoms with Gasteiger partial charge in [0, 0.05) is 16.6 Å². The Kier molecular flexibility index (Phi) is 3.07. The van der Waals surface area contributed by atoms with Gasteiger partial charge in [0.1, 0.15) is 17.0 Å². The molecule has 0 radical (unpaired) electrons. The minimum atomic E-state index is -0.481. The SMILES string of the molecule is Cc1cc(Cl)c2[nH]c(=O)c(N)c(-c3ccc(F)c4[nH]ncc34)c2n1. The molecule has 0 saturated heterocycles. The number of nitrogen functional groups attached to an aromatic ring is 1. The van der Waals surface area contributed by atoms with E-state index in [1.54, 1.807) is 19.1 Å². The lowest BCUT2D eigenvalue weighted by atomic mass is 9.99. The van der Waals surface area contributed by atoms with Gasteiger partial charge < -0.3 is 10.7 Å². The highest BCUT2D eigenvalue weighted by molar-refractivity contribution is 6.35. The predicted molar refractivity (Wildman–Crippen MR) is 91.6 cm³/mol. The van der Waals surface area contributed by atoms with Gasteiger partial charge in [-0.2, -0.15) is 5.10 Å². The number of aryl methyl sites for hydroxylation is 1. The molecule has 4 N–H and O–H groups in total. The number of pyridine rings is 2. The van der Waals surface area contributed by atoms with E-state index < -0.39 is 11.4 Å². The van der Waals surface area contributed by atoms with E-state index in [0.717, 1.165) is 0 Å². The average Bonchev–Trinajstić information content (AvgIpc) is 3.02. The lowest BCUT2D eigenvalue weighted by molar-refractivity contribution is 0.636. The fourth-order valence-corrected chi connectivity index (χ4v) is 3.14. The van der Waals surface area contributed by atoms with Crippen LogP contribution in [-0.4, -0.2) is 20.2 Å². The van der Waals surface area contributed by atoms with Crippen LogP contribution in [0.4, 0.5) is 10.1 Å². The molecule has 0 aliphatic carbocycles. The number of nitrogens with two attached hydrogens (primary N) is 1. The van der Waals surface area contributed by atoms with Crippen molar-refractivity contribution >= 4 is 39.2 Å². The smallest absolute Gasteiger partial charge is 0.272 e. The molecular formula is C16H11ClFN5O. The summed E-state index contributed by atoms with van der Waals surface area (Å²) >= 11 is 6.24. The van der Waals surface area contributed by atoms with Gasteiger partial charge in [0.25, 0.3) is 5.56 Å². The number of hydrogen-bond donors (Lipinski definition) is 3. The topological polar surface area (TPSA) is 100 Å². The summed E-state index contributed by atoms with van der Waals surface area (Å²) in [6.45, 7) is 1.79. The number of fused-ring (bicyclic) bond motifs is 2. The molecule has 24 heavy (non-hydrogen) atoms. The van der Waals surface area contributed by atoms with E-state index >= 15 is 0 Å². The molecule has 1 aromatic carbocycles. The first kappa shape index (κ1) is 14.6. The number of H-pyrrole nitrogens is 2. The van der Waals surface area contributed by atoms with Crippen molar-refractivity contribution in [2.75, 3.05) is 5.73 Å². The summed E-state index contributed by atoms with van der Waals surface area (Å²) in [7, 11) is 0. The predicted octanol–water partition coefficient (Wildman–Crippen LogP) is 3.15. The molecule has 8 heteroatoms. The van der Waals surface area contributed by atoms with Gasteiger partial charge in [0.2, 0.25) is 0 Å². The third kappa shape index (κ3) is 1.98. The van der Waals surface area contributed by atoms with Crippen LogP contribution in [0.2, 0.25) is 5.02 Å². The molecule has 0 atom stereocenters. The van der Waals surface area contributed by atoms with E-state index in [1.165, 1.54) is 12.3 Å². The maximum absolute atomic E-state index is 13.9. The molecule has 0 unspecified atom stereocenters. The quantitative estimate of drug-likeness (QED) is 0.494. The Morgan fingerprint density at radius 2 is 2.08 bits per heavy atom. The van der Waals surface area contributed by atoms with Crippen molar-refractivity contribution in [2.45, 2.75) is 6.92 Å². The zero-order valence-electron chi connectivity index (χ0n) is 12.4. The van der Waals surface area contributed by atoms with Gasteiger partial charge in [-0.1, -0.05) is 17.7 Å². The lowest BCUT2D eigenvalue weighted by Crippen LogP contribution is -2.14. The van der Waals surface area contributed by atoms with Crippen molar-refractivity contribution in [1.82, 2.24) is 20.2 Å². The highest BCUT2D eigenvalue weighted by Gasteiger charge is 2.19. The molecule has 0 spiro atoms. The van der Waals surface area contributed by atoms with Crippen molar-refractivity contribution in [3.63, 3.8) is 0 Å². The third-order valence-corrected chi connectivity index (χ3v) is 4.22. The molecule has 3 heterocycles. The molecule has 3 aromatic heterocycles. The zero-order valence-corrected chi connectivity index (χ0v) is 13.2. The Morgan fingerprint density at radius 1 is 1.29 bits per heavy atom. The maximum atomic E-state index is 13.9. The van der Waals surface area contributed by atoms with Crippen molar-refractivity contribution in [1.29, 1.82) is 0 Å². The number of nitrogens with one attached hydrogen (secondary N) is 2. The molecule has 0 aliphatic heterocycles. The first-order valence-corrected chi connectivity index (χ1v) is 7.45.